The highest BCUT2D eigenvalue weighted by Gasteiger charge is 2.28. The largest absolute Gasteiger partial charge is 0.376 e. The number of nitrogens with one attached hydrogen (secondary N) is 1. The molecule has 2 aliphatic rings. The summed E-state index contributed by atoms with van der Waals surface area (Å²) in [5.74, 6) is 2.03. The van der Waals surface area contributed by atoms with Crippen molar-refractivity contribution in [2.75, 3.05) is 36.5 Å². The SMILES string of the molecule is N#Cc1cc2c(nc1NCC1CN(c3ccc(-c4ccncc4)nn3)C1)CCOC2. The number of hydrogen-bond donors (Lipinski definition) is 1. The Balaban J connectivity index is 1.18. The fraction of sp³-hybridized carbons (Fsp3) is 0.318. The lowest BCUT2D eigenvalue weighted by molar-refractivity contribution is 0.109. The highest BCUT2D eigenvalue weighted by atomic mass is 16.5. The number of pyridine rings is 2. The van der Waals surface area contributed by atoms with Crippen molar-refractivity contribution in [2.24, 2.45) is 5.92 Å². The van der Waals surface area contributed by atoms with Crippen molar-refractivity contribution >= 4 is 11.6 Å². The first-order chi connectivity index (χ1) is 14.8. The number of nitriles is 1. The van der Waals surface area contributed by atoms with E-state index in [2.05, 4.69) is 36.5 Å². The summed E-state index contributed by atoms with van der Waals surface area (Å²) in [5, 5.41) is 21.5. The summed E-state index contributed by atoms with van der Waals surface area (Å²) in [7, 11) is 0. The van der Waals surface area contributed by atoms with Crippen molar-refractivity contribution in [3.63, 3.8) is 0 Å². The van der Waals surface area contributed by atoms with Gasteiger partial charge in [-0.05, 0) is 30.3 Å². The van der Waals surface area contributed by atoms with E-state index >= 15 is 0 Å². The third-order valence-corrected chi connectivity index (χ3v) is 5.52. The molecule has 5 heterocycles. The molecule has 0 amide bonds. The molecule has 0 saturated carbocycles. The number of ether oxygens (including phenoxy) is 1. The van der Waals surface area contributed by atoms with Gasteiger partial charge < -0.3 is 15.0 Å². The first kappa shape index (κ1) is 18.5. The molecule has 1 saturated heterocycles. The average molecular weight is 399 g/mol. The molecule has 0 aliphatic carbocycles. The molecule has 3 aromatic heterocycles. The molecule has 0 unspecified atom stereocenters. The van der Waals surface area contributed by atoms with Crippen LogP contribution < -0.4 is 10.2 Å². The van der Waals surface area contributed by atoms with Crippen LogP contribution in [0, 0.1) is 17.2 Å². The molecule has 2 aliphatic heterocycles. The molecule has 150 valence electrons. The molecule has 1 N–H and O–H groups in total. The number of hydrogen-bond acceptors (Lipinski definition) is 8. The predicted molar refractivity (Wildman–Crippen MR) is 112 cm³/mol. The fourth-order valence-electron chi connectivity index (χ4n) is 3.80. The Labute approximate surface area is 174 Å². The smallest absolute Gasteiger partial charge is 0.151 e. The highest BCUT2D eigenvalue weighted by Crippen LogP contribution is 2.26. The van der Waals surface area contributed by atoms with Gasteiger partial charge in [-0.2, -0.15) is 5.26 Å². The molecular formula is C22H21N7O. The Kier molecular flexibility index (Phi) is 4.95. The van der Waals surface area contributed by atoms with Crippen LogP contribution in [-0.4, -0.2) is 46.4 Å². The van der Waals surface area contributed by atoms with E-state index in [9.17, 15) is 5.26 Å². The van der Waals surface area contributed by atoms with Crippen molar-refractivity contribution in [3.05, 3.63) is 59.5 Å². The Morgan fingerprint density at radius 2 is 2.03 bits per heavy atom. The molecule has 0 radical (unpaired) electrons. The quantitative estimate of drug-likeness (QED) is 0.698. The molecule has 8 nitrogen and oxygen atoms in total. The van der Waals surface area contributed by atoms with E-state index in [0.717, 1.165) is 54.4 Å². The Morgan fingerprint density at radius 3 is 2.80 bits per heavy atom. The zero-order valence-electron chi connectivity index (χ0n) is 16.5. The molecule has 30 heavy (non-hydrogen) atoms. The summed E-state index contributed by atoms with van der Waals surface area (Å²) < 4.78 is 5.46. The van der Waals surface area contributed by atoms with E-state index in [1.54, 1.807) is 12.4 Å². The Morgan fingerprint density at radius 1 is 1.17 bits per heavy atom. The van der Waals surface area contributed by atoms with E-state index in [1.165, 1.54) is 0 Å². The second-order valence-corrected chi connectivity index (χ2v) is 7.57. The number of anilines is 2. The minimum absolute atomic E-state index is 0.472. The lowest BCUT2D eigenvalue weighted by atomic mass is 10.00. The van der Waals surface area contributed by atoms with Crippen LogP contribution in [0.3, 0.4) is 0 Å². The standard InChI is InChI=1S/C22H21N7O/c23-10-17-9-18-14-30-8-5-19(18)26-22(17)25-11-15-12-29(13-15)21-2-1-20(27-28-21)16-3-6-24-7-4-16/h1-4,6-7,9,15H,5,8,11-14H2,(H,25,26). The van der Waals surface area contributed by atoms with Gasteiger partial charge in [0.15, 0.2) is 5.82 Å². The second kappa shape index (κ2) is 8.05. The van der Waals surface area contributed by atoms with Crippen LogP contribution in [0.4, 0.5) is 11.6 Å². The minimum atomic E-state index is 0.472. The molecule has 1 fully saturated rings. The van der Waals surface area contributed by atoms with E-state index in [0.29, 0.717) is 30.5 Å². The zero-order chi connectivity index (χ0) is 20.3. The van der Waals surface area contributed by atoms with Crippen LogP contribution in [0.2, 0.25) is 0 Å². The second-order valence-electron chi connectivity index (χ2n) is 7.57. The molecule has 0 spiro atoms. The monoisotopic (exact) mass is 399 g/mol. The maximum absolute atomic E-state index is 9.45. The molecule has 8 heteroatoms. The molecule has 0 atom stereocenters. The summed E-state index contributed by atoms with van der Waals surface area (Å²) in [6.45, 7) is 3.80. The lowest BCUT2D eigenvalue weighted by Gasteiger charge is -2.40. The summed E-state index contributed by atoms with van der Waals surface area (Å²) in [6, 6.07) is 12.0. The average Bonchev–Trinajstić information content (AvgIpc) is 2.78. The lowest BCUT2D eigenvalue weighted by Crippen LogP contribution is -2.50. The minimum Gasteiger partial charge on any atom is -0.376 e. The Hall–Kier alpha value is -3.57. The van der Waals surface area contributed by atoms with Gasteiger partial charge in [0.2, 0.25) is 0 Å². The Bertz CT molecular complexity index is 1070. The zero-order valence-corrected chi connectivity index (χ0v) is 16.5. The highest BCUT2D eigenvalue weighted by molar-refractivity contribution is 5.59. The van der Waals surface area contributed by atoms with E-state index < -0.39 is 0 Å². The number of rotatable bonds is 5. The first-order valence-corrected chi connectivity index (χ1v) is 10.0. The molecule has 5 rings (SSSR count). The third-order valence-electron chi connectivity index (χ3n) is 5.52. The predicted octanol–water partition coefficient (Wildman–Crippen LogP) is 2.43. The molecular weight excluding hydrogens is 378 g/mol. The van der Waals surface area contributed by atoms with Crippen molar-refractivity contribution in [3.8, 4) is 17.3 Å². The maximum atomic E-state index is 9.45. The topological polar surface area (TPSA) is 99.9 Å². The van der Waals surface area contributed by atoms with Gasteiger partial charge in [-0.3, -0.25) is 4.98 Å². The van der Waals surface area contributed by atoms with E-state index in [1.807, 2.05) is 30.3 Å². The normalized spacial score (nSPS) is 15.8. The van der Waals surface area contributed by atoms with E-state index in [4.69, 9.17) is 4.74 Å². The van der Waals surface area contributed by atoms with Gasteiger partial charge >= 0.3 is 0 Å². The third kappa shape index (κ3) is 3.67. The molecule has 0 bridgehead atoms. The van der Waals surface area contributed by atoms with Crippen LogP contribution in [-0.2, 0) is 17.8 Å². The van der Waals surface area contributed by atoms with Crippen molar-refractivity contribution in [2.45, 2.75) is 13.0 Å². The van der Waals surface area contributed by atoms with Crippen LogP contribution >= 0.6 is 0 Å². The number of aromatic nitrogens is 4. The van der Waals surface area contributed by atoms with Gasteiger partial charge in [-0.25, -0.2) is 4.98 Å². The van der Waals surface area contributed by atoms with Crippen LogP contribution in [0.15, 0.2) is 42.7 Å². The maximum Gasteiger partial charge on any atom is 0.151 e. The summed E-state index contributed by atoms with van der Waals surface area (Å²) in [5.41, 5.74) is 4.47. The van der Waals surface area contributed by atoms with Crippen LogP contribution in [0.5, 0.6) is 0 Å². The summed E-state index contributed by atoms with van der Waals surface area (Å²) >= 11 is 0. The van der Waals surface area contributed by atoms with Gasteiger partial charge in [0, 0.05) is 55.5 Å². The van der Waals surface area contributed by atoms with Gasteiger partial charge in [-0.15, -0.1) is 10.2 Å². The van der Waals surface area contributed by atoms with Crippen molar-refractivity contribution in [1.29, 1.82) is 5.26 Å². The molecule has 3 aromatic rings. The van der Waals surface area contributed by atoms with Gasteiger partial charge in [0.1, 0.15) is 11.9 Å². The fourth-order valence-corrected chi connectivity index (χ4v) is 3.80. The van der Waals surface area contributed by atoms with Crippen molar-refractivity contribution < 1.29 is 4.74 Å². The number of nitrogens with zero attached hydrogens (tertiary/aromatic N) is 6. The summed E-state index contributed by atoms with van der Waals surface area (Å²) in [4.78, 5) is 10.9. The number of fused-ring (bicyclic) bond motifs is 1. The first-order valence-electron chi connectivity index (χ1n) is 10.0. The van der Waals surface area contributed by atoms with Gasteiger partial charge in [0.25, 0.3) is 0 Å². The van der Waals surface area contributed by atoms with E-state index in [-0.39, 0.29) is 0 Å². The van der Waals surface area contributed by atoms with Crippen LogP contribution in [0.1, 0.15) is 16.8 Å². The van der Waals surface area contributed by atoms with Gasteiger partial charge in [-0.1, -0.05) is 0 Å². The summed E-state index contributed by atoms with van der Waals surface area (Å²) in [6.07, 6.45) is 4.29. The van der Waals surface area contributed by atoms with Crippen LogP contribution in [0.25, 0.3) is 11.3 Å². The van der Waals surface area contributed by atoms with Crippen molar-refractivity contribution in [1.82, 2.24) is 20.2 Å². The van der Waals surface area contributed by atoms with Gasteiger partial charge in [0.05, 0.1) is 30.2 Å². The molecule has 0 aromatic carbocycles.